The third kappa shape index (κ3) is 2.92. The lowest BCUT2D eigenvalue weighted by molar-refractivity contribution is 0.388. The van der Waals surface area contributed by atoms with Gasteiger partial charge in [-0.25, -0.2) is 4.99 Å². The average molecular weight is 280 g/mol. The molecule has 1 aliphatic rings. The number of methoxy groups -OCH3 is 1. The summed E-state index contributed by atoms with van der Waals surface area (Å²) in [7, 11) is 1.56. The van der Waals surface area contributed by atoms with Gasteiger partial charge in [-0.2, -0.15) is 0 Å². The molecule has 21 heavy (non-hydrogen) atoms. The number of benzene rings is 2. The lowest BCUT2D eigenvalue weighted by Crippen LogP contribution is -2.23. The number of rotatable bonds is 2. The lowest BCUT2D eigenvalue weighted by Gasteiger charge is -2.24. The van der Waals surface area contributed by atoms with E-state index in [4.69, 9.17) is 10.5 Å². The SMILES string of the molecule is COC(N)=NC1CCc2c(cccc2-c2ccccc2)C1. The van der Waals surface area contributed by atoms with Gasteiger partial charge >= 0.3 is 0 Å². The Bertz CT molecular complexity index is 650. The van der Waals surface area contributed by atoms with Crippen LogP contribution in [-0.2, 0) is 17.6 Å². The van der Waals surface area contributed by atoms with Crippen LogP contribution in [0.3, 0.4) is 0 Å². The standard InChI is InChI=1S/C18H20N2O/c1-21-18(19)20-15-10-11-17-14(12-15)8-5-9-16(17)13-6-3-2-4-7-13/h2-9,15H,10-12H2,1H3,(H2,19,20). The minimum atomic E-state index is 0.225. The first-order valence-electron chi connectivity index (χ1n) is 7.31. The molecule has 0 fully saturated rings. The van der Waals surface area contributed by atoms with Crippen molar-refractivity contribution in [3.05, 3.63) is 59.7 Å². The summed E-state index contributed by atoms with van der Waals surface area (Å²) in [6, 6.07) is 17.6. The Balaban J connectivity index is 1.92. The van der Waals surface area contributed by atoms with Gasteiger partial charge in [0.05, 0.1) is 13.2 Å². The molecular weight excluding hydrogens is 260 g/mol. The van der Waals surface area contributed by atoms with Gasteiger partial charge < -0.3 is 10.5 Å². The Hall–Kier alpha value is -2.29. The molecule has 0 aliphatic heterocycles. The Labute approximate surface area is 125 Å². The van der Waals surface area contributed by atoms with Crippen molar-refractivity contribution in [3.63, 3.8) is 0 Å². The molecule has 3 rings (SSSR count). The summed E-state index contributed by atoms with van der Waals surface area (Å²) in [5.74, 6) is 0. The summed E-state index contributed by atoms with van der Waals surface area (Å²) in [5, 5.41) is 0. The Kier molecular flexibility index (Phi) is 3.91. The highest BCUT2D eigenvalue weighted by molar-refractivity contribution is 5.72. The van der Waals surface area contributed by atoms with Crippen LogP contribution in [0.5, 0.6) is 0 Å². The number of hydrogen-bond donors (Lipinski definition) is 1. The molecule has 0 aromatic heterocycles. The van der Waals surface area contributed by atoms with Gasteiger partial charge in [0.1, 0.15) is 0 Å². The third-order valence-corrected chi connectivity index (χ3v) is 4.06. The molecule has 1 aliphatic carbocycles. The van der Waals surface area contributed by atoms with Crippen molar-refractivity contribution in [2.24, 2.45) is 10.7 Å². The van der Waals surface area contributed by atoms with E-state index in [1.54, 1.807) is 7.11 Å². The summed E-state index contributed by atoms with van der Waals surface area (Å²) in [6.07, 6.45) is 2.98. The van der Waals surface area contributed by atoms with Crippen LogP contribution < -0.4 is 5.73 Å². The quantitative estimate of drug-likeness (QED) is 0.678. The monoisotopic (exact) mass is 280 g/mol. The van der Waals surface area contributed by atoms with Crippen LogP contribution in [0.2, 0.25) is 0 Å². The Morgan fingerprint density at radius 3 is 2.71 bits per heavy atom. The molecule has 1 unspecified atom stereocenters. The largest absolute Gasteiger partial charge is 0.469 e. The van der Waals surface area contributed by atoms with E-state index < -0.39 is 0 Å². The summed E-state index contributed by atoms with van der Waals surface area (Å²) >= 11 is 0. The third-order valence-electron chi connectivity index (χ3n) is 4.06. The van der Waals surface area contributed by atoms with Crippen LogP contribution >= 0.6 is 0 Å². The minimum Gasteiger partial charge on any atom is -0.469 e. The molecule has 3 nitrogen and oxygen atoms in total. The molecular formula is C18H20N2O. The molecule has 0 amide bonds. The zero-order valence-corrected chi connectivity index (χ0v) is 12.3. The molecule has 0 saturated heterocycles. The number of ether oxygens (including phenoxy) is 1. The van der Waals surface area contributed by atoms with E-state index in [9.17, 15) is 0 Å². The van der Waals surface area contributed by atoms with Crippen molar-refractivity contribution in [1.29, 1.82) is 0 Å². The number of fused-ring (bicyclic) bond motifs is 1. The maximum Gasteiger partial charge on any atom is 0.281 e. The highest BCUT2D eigenvalue weighted by Gasteiger charge is 2.21. The maximum atomic E-state index is 5.67. The first-order valence-corrected chi connectivity index (χ1v) is 7.31. The van der Waals surface area contributed by atoms with Gasteiger partial charge in [-0.3, -0.25) is 0 Å². The van der Waals surface area contributed by atoms with E-state index in [1.807, 2.05) is 0 Å². The summed E-state index contributed by atoms with van der Waals surface area (Å²) in [4.78, 5) is 4.43. The van der Waals surface area contributed by atoms with Crippen LogP contribution in [0.25, 0.3) is 11.1 Å². The molecule has 2 aromatic carbocycles. The predicted molar refractivity (Wildman–Crippen MR) is 86.3 cm³/mol. The molecule has 2 N–H and O–H groups in total. The van der Waals surface area contributed by atoms with Gasteiger partial charge in [-0.05, 0) is 41.5 Å². The zero-order valence-electron chi connectivity index (χ0n) is 12.3. The fourth-order valence-corrected chi connectivity index (χ4v) is 3.02. The van der Waals surface area contributed by atoms with Gasteiger partial charge in [0, 0.05) is 0 Å². The van der Waals surface area contributed by atoms with Crippen LogP contribution in [0.1, 0.15) is 17.5 Å². The predicted octanol–water partition coefficient (Wildman–Crippen LogP) is 3.17. The first-order chi connectivity index (χ1) is 10.3. The van der Waals surface area contributed by atoms with Crippen molar-refractivity contribution >= 4 is 6.02 Å². The van der Waals surface area contributed by atoms with E-state index in [0.29, 0.717) is 0 Å². The van der Waals surface area contributed by atoms with Gasteiger partial charge in [0.25, 0.3) is 6.02 Å². The fraction of sp³-hybridized carbons (Fsp3) is 0.278. The topological polar surface area (TPSA) is 47.6 Å². The van der Waals surface area contributed by atoms with Crippen LogP contribution in [0.15, 0.2) is 53.5 Å². The van der Waals surface area contributed by atoms with Gasteiger partial charge in [-0.15, -0.1) is 0 Å². The van der Waals surface area contributed by atoms with Gasteiger partial charge in [0.2, 0.25) is 0 Å². The number of nitrogens with two attached hydrogens (primary N) is 1. The summed E-state index contributed by atoms with van der Waals surface area (Å²) in [5.41, 5.74) is 11.1. The van der Waals surface area contributed by atoms with Gasteiger partial charge in [0.15, 0.2) is 0 Å². The second kappa shape index (κ2) is 6.00. The molecule has 0 radical (unpaired) electrons. The van der Waals surface area contributed by atoms with Crippen molar-refractivity contribution in [1.82, 2.24) is 0 Å². The van der Waals surface area contributed by atoms with Gasteiger partial charge in [-0.1, -0.05) is 48.5 Å². The molecule has 2 aromatic rings. The number of amidine groups is 1. The normalized spacial score (nSPS) is 18.1. The van der Waals surface area contributed by atoms with Crippen LogP contribution in [-0.4, -0.2) is 19.2 Å². The Morgan fingerprint density at radius 2 is 1.95 bits per heavy atom. The molecule has 1 atom stereocenters. The molecule has 0 spiro atoms. The number of aliphatic imine (C=N–C) groups is 1. The molecule has 0 saturated carbocycles. The molecule has 3 heteroatoms. The number of hydrogen-bond acceptors (Lipinski definition) is 2. The highest BCUT2D eigenvalue weighted by Crippen LogP contribution is 2.32. The van der Waals surface area contributed by atoms with Crippen molar-refractivity contribution in [3.8, 4) is 11.1 Å². The van der Waals surface area contributed by atoms with E-state index in [2.05, 4.69) is 53.5 Å². The molecule has 0 bridgehead atoms. The van der Waals surface area contributed by atoms with E-state index >= 15 is 0 Å². The Morgan fingerprint density at radius 1 is 1.14 bits per heavy atom. The summed E-state index contributed by atoms with van der Waals surface area (Å²) in [6.45, 7) is 0. The molecule has 0 heterocycles. The van der Waals surface area contributed by atoms with E-state index in [0.717, 1.165) is 19.3 Å². The first kappa shape index (κ1) is 13.7. The molecule has 108 valence electrons. The van der Waals surface area contributed by atoms with Crippen LogP contribution in [0, 0.1) is 0 Å². The average Bonchev–Trinajstić information content (AvgIpc) is 2.54. The van der Waals surface area contributed by atoms with Crippen molar-refractivity contribution in [2.75, 3.05) is 7.11 Å². The lowest BCUT2D eigenvalue weighted by atomic mass is 9.84. The highest BCUT2D eigenvalue weighted by atomic mass is 16.5. The fourth-order valence-electron chi connectivity index (χ4n) is 3.02. The number of nitrogens with zero attached hydrogens (tertiary/aromatic N) is 1. The van der Waals surface area contributed by atoms with Crippen molar-refractivity contribution < 1.29 is 4.74 Å². The van der Waals surface area contributed by atoms with Crippen LogP contribution in [0.4, 0.5) is 0 Å². The second-order valence-electron chi connectivity index (χ2n) is 5.38. The van der Waals surface area contributed by atoms with E-state index in [-0.39, 0.29) is 12.1 Å². The smallest absolute Gasteiger partial charge is 0.281 e. The van der Waals surface area contributed by atoms with Crippen molar-refractivity contribution in [2.45, 2.75) is 25.3 Å². The summed E-state index contributed by atoms with van der Waals surface area (Å²) < 4.78 is 4.96. The zero-order chi connectivity index (χ0) is 14.7. The maximum absolute atomic E-state index is 5.67. The second-order valence-corrected chi connectivity index (χ2v) is 5.38. The minimum absolute atomic E-state index is 0.225. The van der Waals surface area contributed by atoms with E-state index in [1.165, 1.54) is 22.3 Å².